The molecule has 0 saturated carbocycles. The Balaban J connectivity index is 1.44. The van der Waals surface area contributed by atoms with Crippen LogP contribution < -0.4 is 0 Å². The molecule has 0 spiro atoms. The Hall–Kier alpha value is -1.98. The number of benzene rings is 2. The molecule has 5 atom stereocenters. The number of ether oxygens (including phenoxy) is 3. The van der Waals surface area contributed by atoms with Crippen molar-refractivity contribution < 1.29 is 29.2 Å². The van der Waals surface area contributed by atoms with E-state index in [-0.39, 0.29) is 31.4 Å². The SMILES string of the molecule is O=C(OCC1c2ccccc2-c2ccccc21)OC1C(P)COC(CO)C1O. The van der Waals surface area contributed by atoms with E-state index < -0.39 is 24.5 Å². The second-order valence-corrected chi connectivity index (χ2v) is 7.94. The zero-order chi connectivity index (χ0) is 19.7. The summed E-state index contributed by atoms with van der Waals surface area (Å²) in [5.41, 5.74) is 4.25. The number of rotatable bonds is 4. The van der Waals surface area contributed by atoms with Crippen LogP contribution in [-0.4, -0.2) is 60.2 Å². The Labute approximate surface area is 165 Å². The standard InChI is InChI=1S/C21H23O6P/c22-9-17-19(23)20(18(28)11-25-17)27-21(24)26-10-16-14-7-3-1-5-12(14)13-6-2-4-8-15(13)16/h1-8,16-20,22-23H,9-11,28H2. The molecule has 2 aromatic carbocycles. The molecule has 2 aromatic rings. The maximum Gasteiger partial charge on any atom is 0.508 e. The predicted octanol–water partition coefficient (Wildman–Crippen LogP) is 2.32. The average molecular weight is 402 g/mol. The van der Waals surface area contributed by atoms with Gasteiger partial charge in [-0.1, -0.05) is 48.5 Å². The summed E-state index contributed by atoms with van der Waals surface area (Å²) in [6.07, 6.45) is -3.53. The van der Waals surface area contributed by atoms with Crippen molar-refractivity contribution in [3.63, 3.8) is 0 Å². The number of fused-ring (bicyclic) bond motifs is 3. The maximum absolute atomic E-state index is 12.3. The van der Waals surface area contributed by atoms with Crippen LogP contribution in [0.15, 0.2) is 48.5 Å². The third-order valence-electron chi connectivity index (χ3n) is 5.38. The highest BCUT2D eigenvalue weighted by atomic mass is 31.0. The minimum absolute atomic E-state index is 0.0587. The van der Waals surface area contributed by atoms with Crippen LogP contribution in [0, 0.1) is 0 Å². The number of aliphatic hydroxyl groups excluding tert-OH is 2. The van der Waals surface area contributed by atoms with Gasteiger partial charge in [-0.25, -0.2) is 4.79 Å². The lowest BCUT2D eigenvalue weighted by Crippen LogP contribution is -2.53. The van der Waals surface area contributed by atoms with E-state index >= 15 is 0 Å². The molecule has 0 bridgehead atoms. The fourth-order valence-corrected chi connectivity index (χ4v) is 4.36. The summed E-state index contributed by atoms with van der Waals surface area (Å²) in [5.74, 6) is -0.0587. The van der Waals surface area contributed by atoms with Gasteiger partial charge in [-0.3, -0.25) is 0 Å². The van der Waals surface area contributed by atoms with Crippen LogP contribution in [0.1, 0.15) is 17.0 Å². The van der Waals surface area contributed by atoms with Crippen molar-refractivity contribution in [1.82, 2.24) is 0 Å². The molecule has 1 aliphatic carbocycles. The Bertz CT molecular complexity index is 811. The van der Waals surface area contributed by atoms with Gasteiger partial charge in [0.05, 0.1) is 13.2 Å². The van der Waals surface area contributed by atoms with E-state index in [0.717, 1.165) is 22.3 Å². The number of carbonyl (C=O) groups is 1. The summed E-state index contributed by atoms with van der Waals surface area (Å²) in [6, 6.07) is 16.2. The summed E-state index contributed by atoms with van der Waals surface area (Å²) >= 11 is 0. The van der Waals surface area contributed by atoms with Crippen LogP contribution in [0.25, 0.3) is 11.1 Å². The molecule has 1 saturated heterocycles. The zero-order valence-corrected chi connectivity index (χ0v) is 16.4. The van der Waals surface area contributed by atoms with Crippen LogP contribution in [0.5, 0.6) is 0 Å². The molecule has 148 valence electrons. The lowest BCUT2D eigenvalue weighted by Gasteiger charge is -2.37. The van der Waals surface area contributed by atoms with Crippen molar-refractivity contribution in [2.24, 2.45) is 0 Å². The minimum atomic E-state index is -1.11. The second kappa shape index (κ2) is 8.18. The smallest absolute Gasteiger partial charge is 0.433 e. The van der Waals surface area contributed by atoms with E-state index in [1.165, 1.54) is 0 Å². The molecule has 1 fully saturated rings. The second-order valence-electron chi connectivity index (χ2n) is 7.08. The van der Waals surface area contributed by atoms with Crippen LogP contribution >= 0.6 is 9.24 Å². The summed E-state index contributed by atoms with van der Waals surface area (Å²) < 4.78 is 16.1. The van der Waals surface area contributed by atoms with Gasteiger partial charge in [0.15, 0.2) is 0 Å². The highest BCUT2D eigenvalue weighted by Crippen LogP contribution is 2.44. The van der Waals surface area contributed by atoms with Crippen molar-refractivity contribution in [3.8, 4) is 11.1 Å². The largest absolute Gasteiger partial charge is 0.508 e. The van der Waals surface area contributed by atoms with Crippen LogP contribution in [0.2, 0.25) is 0 Å². The van der Waals surface area contributed by atoms with Crippen LogP contribution in [0.3, 0.4) is 0 Å². The van der Waals surface area contributed by atoms with Gasteiger partial charge < -0.3 is 24.4 Å². The number of carbonyl (C=O) groups excluding carboxylic acids is 1. The van der Waals surface area contributed by atoms with Gasteiger partial charge in [0, 0.05) is 11.6 Å². The lowest BCUT2D eigenvalue weighted by molar-refractivity contribution is -0.151. The summed E-state index contributed by atoms with van der Waals surface area (Å²) in [5, 5.41) is 19.5. The molecule has 0 radical (unpaired) electrons. The Morgan fingerprint density at radius 3 is 2.32 bits per heavy atom. The number of hydrogen-bond acceptors (Lipinski definition) is 6. The molecule has 2 N–H and O–H groups in total. The highest BCUT2D eigenvalue weighted by molar-refractivity contribution is 7.17. The van der Waals surface area contributed by atoms with Gasteiger partial charge in [-0.05, 0) is 22.3 Å². The van der Waals surface area contributed by atoms with Crippen molar-refractivity contribution in [1.29, 1.82) is 0 Å². The number of hydrogen-bond donors (Lipinski definition) is 2. The van der Waals surface area contributed by atoms with Crippen LogP contribution in [-0.2, 0) is 14.2 Å². The first-order chi connectivity index (χ1) is 13.6. The lowest BCUT2D eigenvalue weighted by atomic mass is 9.98. The van der Waals surface area contributed by atoms with Crippen molar-refractivity contribution in [3.05, 3.63) is 59.7 Å². The molecule has 4 rings (SSSR count). The molecule has 1 heterocycles. The van der Waals surface area contributed by atoms with Gasteiger partial charge in [0.1, 0.15) is 24.9 Å². The van der Waals surface area contributed by atoms with Gasteiger partial charge in [-0.2, -0.15) is 0 Å². The topological polar surface area (TPSA) is 85.2 Å². The van der Waals surface area contributed by atoms with E-state index in [9.17, 15) is 15.0 Å². The highest BCUT2D eigenvalue weighted by Gasteiger charge is 2.40. The first-order valence-corrected chi connectivity index (χ1v) is 9.94. The van der Waals surface area contributed by atoms with E-state index in [2.05, 4.69) is 21.4 Å². The molecule has 1 aliphatic heterocycles. The van der Waals surface area contributed by atoms with Crippen LogP contribution in [0.4, 0.5) is 4.79 Å². The molecule has 0 amide bonds. The quantitative estimate of drug-likeness (QED) is 0.603. The summed E-state index contributed by atoms with van der Waals surface area (Å²) in [7, 11) is 2.49. The molecular weight excluding hydrogens is 379 g/mol. The Morgan fingerprint density at radius 1 is 1.11 bits per heavy atom. The average Bonchev–Trinajstić information content (AvgIpc) is 3.03. The normalized spacial score (nSPS) is 26.4. The first kappa shape index (κ1) is 19.3. The van der Waals surface area contributed by atoms with Crippen molar-refractivity contribution >= 4 is 15.4 Å². The van der Waals surface area contributed by atoms with E-state index in [4.69, 9.17) is 14.2 Å². The summed E-state index contributed by atoms with van der Waals surface area (Å²) in [4.78, 5) is 12.3. The molecule has 7 heteroatoms. The monoisotopic (exact) mass is 402 g/mol. The fourth-order valence-electron chi connectivity index (χ4n) is 3.95. The Kier molecular flexibility index (Phi) is 5.65. The van der Waals surface area contributed by atoms with E-state index in [1.54, 1.807) is 0 Å². The third kappa shape index (κ3) is 3.53. The molecule has 28 heavy (non-hydrogen) atoms. The first-order valence-electron chi connectivity index (χ1n) is 9.28. The molecule has 6 nitrogen and oxygen atoms in total. The van der Waals surface area contributed by atoms with E-state index in [0.29, 0.717) is 0 Å². The molecule has 5 unspecified atom stereocenters. The molecular formula is C21H23O6P. The van der Waals surface area contributed by atoms with E-state index in [1.807, 2.05) is 36.4 Å². The minimum Gasteiger partial charge on any atom is -0.433 e. The maximum atomic E-state index is 12.3. The van der Waals surface area contributed by atoms with Gasteiger partial charge in [0.25, 0.3) is 0 Å². The summed E-state index contributed by atoms with van der Waals surface area (Å²) in [6.45, 7) is 0.0640. The van der Waals surface area contributed by atoms with Gasteiger partial charge in [-0.15, -0.1) is 9.24 Å². The third-order valence-corrected chi connectivity index (χ3v) is 5.96. The number of aliphatic hydroxyl groups is 2. The van der Waals surface area contributed by atoms with Gasteiger partial charge >= 0.3 is 6.16 Å². The molecule has 2 aliphatic rings. The zero-order valence-electron chi connectivity index (χ0n) is 15.2. The van der Waals surface area contributed by atoms with Crippen molar-refractivity contribution in [2.75, 3.05) is 19.8 Å². The predicted molar refractivity (Wildman–Crippen MR) is 106 cm³/mol. The Morgan fingerprint density at radius 2 is 1.71 bits per heavy atom. The van der Waals surface area contributed by atoms with Gasteiger partial charge in [0.2, 0.25) is 0 Å². The molecule has 0 aromatic heterocycles. The van der Waals surface area contributed by atoms with Crippen molar-refractivity contribution in [2.45, 2.75) is 29.9 Å². The fraction of sp³-hybridized carbons (Fsp3) is 0.381.